The number of hydrogen-bond acceptors (Lipinski definition) is 5. The molecule has 0 aromatic carbocycles. The van der Waals surface area contributed by atoms with Gasteiger partial charge in [0.05, 0.1) is 13.2 Å². The molecule has 2 fully saturated rings. The number of ether oxygens (including phenoxy) is 1. The Morgan fingerprint density at radius 3 is 2.41 bits per heavy atom. The smallest absolute Gasteiger partial charge is 0.272 e. The van der Waals surface area contributed by atoms with Crippen LogP contribution in [-0.2, 0) is 4.74 Å². The summed E-state index contributed by atoms with van der Waals surface area (Å²) < 4.78 is 5.31. The first-order valence-electron chi connectivity index (χ1n) is 8.22. The summed E-state index contributed by atoms with van der Waals surface area (Å²) in [7, 11) is 0. The molecule has 120 valence electrons. The SMILES string of the molecule is Cc1cc(C(=O)N2CCOCC2)nc(N2CCCCCC2)n1. The second-order valence-corrected chi connectivity index (χ2v) is 6.00. The van der Waals surface area contributed by atoms with Gasteiger partial charge in [-0.1, -0.05) is 12.8 Å². The lowest BCUT2D eigenvalue weighted by atomic mass is 10.2. The number of aryl methyl sites for hydroxylation is 1. The molecule has 2 aliphatic rings. The van der Waals surface area contributed by atoms with Crippen LogP contribution in [0.2, 0.25) is 0 Å². The average molecular weight is 304 g/mol. The van der Waals surface area contributed by atoms with E-state index in [4.69, 9.17) is 4.74 Å². The van der Waals surface area contributed by atoms with E-state index in [1.807, 2.05) is 11.8 Å². The first-order valence-corrected chi connectivity index (χ1v) is 8.22. The molecule has 0 atom stereocenters. The highest BCUT2D eigenvalue weighted by molar-refractivity contribution is 5.92. The van der Waals surface area contributed by atoms with E-state index in [1.54, 1.807) is 6.07 Å². The van der Waals surface area contributed by atoms with Crippen molar-refractivity contribution < 1.29 is 9.53 Å². The molecular weight excluding hydrogens is 280 g/mol. The molecule has 0 aliphatic carbocycles. The number of amides is 1. The van der Waals surface area contributed by atoms with Crippen molar-refractivity contribution >= 4 is 11.9 Å². The number of carbonyl (C=O) groups is 1. The Morgan fingerprint density at radius 2 is 1.73 bits per heavy atom. The minimum absolute atomic E-state index is 0.00938. The molecule has 6 heteroatoms. The first-order chi connectivity index (χ1) is 10.7. The van der Waals surface area contributed by atoms with Gasteiger partial charge in [-0.05, 0) is 25.8 Å². The average Bonchev–Trinajstić information content (AvgIpc) is 2.84. The first kappa shape index (κ1) is 15.2. The molecule has 2 saturated heterocycles. The minimum Gasteiger partial charge on any atom is -0.378 e. The third-order valence-corrected chi connectivity index (χ3v) is 4.25. The summed E-state index contributed by atoms with van der Waals surface area (Å²) in [5, 5.41) is 0. The minimum atomic E-state index is -0.00938. The van der Waals surface area contributed by atoms with E-state index in [0.29, 0.717) is 37.9 Å². The van der Waals surface area contributed by atoms with Gasteiger partial charge in [-0.15, -0.1) is 0 Å². The molecule has 3 rings (SSSR count). The quantitative estimate of drug-likeness (QED) is 0.831. The fraction of sp³-hybridized carbons (Fsp3) is 0.688. The maximum atomic E-state index is 12.6. The molecular formula is C16H24N4O2. The van der Waals surface area contributed by atoms with Crippen LogP contribution in [0.25, 0.3) is 0 Å². The van der Waals surface area contributed by atoms with E-state index in [2.05, 4.69) is 14.9 Å². The van der Waals surface area contributed by atoms with Crippen LogP contribution < -0.4 is 4.90 Å². The number of aromatic nitrogens is 2. The van der Waals surface area contributed by atoms with E-state index < -0.39 is 0 Å². The predicted molar refractivity (Wildman–Crippen MR) is 84.2 cm³/mol. The van der Waals surface area contributed by atoms with Gasteiger partial charge in [0.1, 0.15) is 5.69 Å². The van der Waals surface area contributed by atoms with Crippen LogP contribution in [0.5, 0.6) is 0 Å². The Bertz CT molecular complexity index is 521. The van der Waals surface area contributed by atoms with Gasteiger partial charge in [-0.3, -0.25) is 4.79 Å². The van der Waals surface area contributed by atoms with Crippen LogP contribution in [0.3, 0.4) is 0 Å². The van der Waals surface area contributed by atoms with E-state index in [0.717, 1.165) is 18.8 Å². The van der Waals surface area contributed by atoms with Crippen LogP contribution in [-0.4, -0.2) is 60.2 Å². The number of carbonyl (C=O) groups excluding carboxylic acids is 1. The van der Waals surface area contributed by atoms with Crippen molar-refractivity contribution in [3.05, 3.63) is 17.5 Å². The normalized spacial score (nSPS) is 19.9. The molecule has 0 spiro atoms. The third kappa shape index (κ3) is 3.55. The Labute approximate surface area is 131 Å². The highest BCUT2D eigenvalue weighted by Gasteiger charge is 2.22. The van der Waals surface area contributed by atoms with Gasteiger partial charge < -0.3 is 14.5 Å². The van der Waals surface area contributed by atoms with Gasteiger partial charge in [0.25, 0.3) is 5.91 Å². The molecule has 1 amide bonds. The number of morpholine rings is 1. The molecule has 3 heterocycles. The molecule has 0 unspecified atom stereocenters. The lowest BCUT2D eigenvalue weighted by molar-refractivity contribution is 0.0299. The standard InChI is InChI=1S/C16H24N4O2/c1-13-12-14(15(21)19-8-10-22-11-9-19)18-16(17-13)20-6-4-2-3-5-7-20/h12H,2-11H2,1H3. The summed E-state index contributed by atoms with van der Waals surface area (Å²) in [6, 6.07) is 1.79. The molecule has 1 aromatic heterocycles. The van der Waals surface area contributed by atoms with Crippen LogP contribution in [0.15, 0.2) is 6.07 Å². The molecule has 1 aromatic rings. The zero-order valence-corrected chi connectivity index (χ0v) is 13.3. The molecule has 6 nitrogen and oxygen atoms in total. The van der Waals surface area contributed by atoms with Crippen molar-refractivity contribution in [2.45, 2.75) is 32.6 Å². The third-order valence-electron chi connectivity index (χ3n) is 4.25. The van der Waals surface area contributed by atoms with Gasteiger partial charge in [0, 0.05) is 31.9 Å². The molecule has 2 aliphatic heterocycles. The Balaban J connectivity index is 1.80. The molecule has 0 N–H and O–H groups in total. The molecule has 0 saturated carbocycles. The molecule has 22 heavy (non-hydrogen) atoms. The Hall–Kier alpha value is -1.69. The van der Waals surface area contributed by atoms with Gasteiger partial charge in [0.2, 0.25) is 5.95 Å². The number of hydrogen-bond donors (Lipinski definition) is 0. The van der Waals surface area contributed by atoms with Crippen molar-refractivity contribution in [3.8, 4) is 0 Å². The predicted octanol–water partition coefficient (Wildman–Crippen LogP) is 1.64. The molecule has 0 bridgehead atoms. The van der Waals surface area contributed by atoms with E-state index in [1.165, 1.54) is 25.7 Å². The van der Waals surface area contributed by atoms with Gasteiger partial charge in [-0.2, -0.15) is 0 Å². The maximum absolute atomic E-state index is 12.6. The fourth-order valence-electron chi connectivity index (χ4n) is 3.00. The summed E-state index contributed by atoms with van der Waals surface area (Å²) >= 11 is 0. The van der Waals surface area contributed by atoms with Gasteiger partial charge in [0.15, 0.2) is 0 Å². The lowest BCUT2D eigenvalue weighted by Crippen LogP contribution is -2.41. The summed E-state index contributed by atoms with van der Waals surface area (Å²) in [6.45, 7) is 6.38. The number of rotatable bonds is 2. The van der Waals surface area contributed by atoms with Crippen molar-refractivity contribution in [2.75, 3.05) is 44.3 Å². The number of nitrogens with zero attached hydrogens (tertiary/aromatic N) is 4. The van der Waals surface area contributed by atoms with Crippen molar-refractivity contribution in [1.82, 2.24) is 14.9 Å². The van der Waals surface area contributed by atoms with Crippen LogP contribution in [0.1, 0.15) is 41.9 Å². The van der Waals surface area contributed by atoms with Crippen LogP contribution >= 0.6 is 0 Å². The second-order valence-electron chi connectivity index (χ2n) is 6.00. The Morgan fingerprint density at radius 1 is 1.05 bits per heavy atom. The van der Waals surface area contributed by atoms with E-state index >= 15 is 0 Å². The summed E-state index contributed by atoms with van der Waals surface area (Å²) in [4.78, 5) is 25.8. The largest absolute Gasteiger partial charge is 0.378 e. The van der Waals surface area contributed by atoms with Crippen molar-refractivity contribution in [2.24, 2.45) is 0 Å². The Kier molecular flexibility index (Phi) is 4.87. The second kappa shape index (κ2) is 7.05. The summed E-state index contributed by atoms with van der Waals surface area (Å²) in [6.07, 6.45) is 4.87. The zero-order valence-electron chi connectivity index (χ0n) is 13.3. The van der Waals surface area contributed by atoms with Gasteiger partial charge >= 0.3 is 0 Å². The van der Waals surface area contributed by atoms with E-state index in [9.17, 15) is 4.79 Å². The van der Waals surface area contributed by atoms with Crippen LogP contribution in [0, 0.1) is 6.92 Å². The van der Waals surface area contributed by atoms with Crippen LogP contribution in [0.4, 0.5) is 5.95 Å². The maximum Gasteiger partial charge on any atom is 0.272 e. The van der Waals surface area contributed by atoms with Crippen molar-refractivity contribution in [3.63, 3.8) is 0 Å². The highest BCUT2D eigenvalue weighted by Crippen LogP contribution is 2.17. The zero-order chi connectivity index (χ0) is 15.4. The molecule has 0 radical (unpaired) electrons. The monoisotopic (exact) mass is 304 g/mol. The summed E-state index contributed by atoms with van der Waals surface area (Å²) in [5.41, 5.74) is 1.36. The fourth-order valence-corrected chi connectivity index (χ4v) is 3.00. The number of anilines is 1. The van der Waals surface area contributed by atoms with E-state index in [-0.39, 0.29) is 5.91 Å². The summed E-state index contributed by atoms with van der Waals surface area (Å²) in [5.74, 6) is 0.698. The topological polar surface area (TPSA) is 58.6 Å². The van der Waals surface area contributed by atoms with Gasteiger partial charge in [-0.25, -0.2) is 9.97 Å². The van der Waals surface area contributed by atoms with Crippen molar-refractivity contribution in [1.29, 1.82) is 0 Å². The lowest BCUT2D eigenvalue weighted by Gasteiger charge is -2.27. The highest BCUT2D eigenvalue weighted by atomic mass is 16.5.